The molecule has 1 atom stereocenters. The molecule has 130 valence electrons. The maximum absolute atomic E-state index is 9.59. The Morgan fingerprint density at radius 1 is 1.09 bits per heavy atom. The van der Waals surface area contributed by atoms with E-state index in [-0.39, 0.29) is 18.1 Å². The molecule has 0 saturated carbocycles. The molecule has 1 aromatic carbocycles. The first-order valence-electron chi connectivity index (χ1n) is 6.65. The molecule has 0 radical (unpaired) electrons. The van der Waals surface area contributed by atoms with Crippen molar-refractivity contribution in [2.45, 2.75) is 26.0 Å². The third-order valence-electron chi connectivity index (χ3n) is 2.26. The quantitative estimate of drug-likeness (QED) is 0.394. The zero-order valence-corrected chi connectivity index (χ0v) is 12.8. The van der Waals surface area contributed by atoms with Gasteiger partial charge in [-0.15, -0.1) is 0 Å². The van der Waals surface area contributed by atoms with Crippen LogP contribution in [0.25, 0.3) is 0 Å². The number of hydrogen-bond acceptors (Lipinski definition) is 7. The van der Waals surface area contributed by atoms with E-state index in [4.69, 9.17) is 24.5 Å². The van der Waals surface area contributed by atoms with E-state index in [2.05, 4.69) is 5.32 Å². The fourth-order valence-corrected chi connectivity index (χ4v) is 1.27. The minimum Gasteiger partial charge on any atom is -0.508 e. The van der Waals surface area contributed by atoms with Crippen LogP contribution in [0.3, 0.4) is 0 Å². The summed E-state index contributed by atoms with van der Waals surface area (Å²) in [5.74, 6) is -3.47. The van der Waals surface area contributed by atoms with Crippen LogP contribution in [-0.4, -0.2) is 62.8 Å². The van der Waals surface area contributed by atoms with Crippen molar-refractivity contribution in [3.63, 3.8) is 0 Å². The number of carbonyl (C=O) groups is 2. The number of hydrogen-bond donors (Lipinski definition) is 6. The third kappa shape index (κ3) is 10.8. The number of aliphatic hydroxyl groups is 1. The molecule has 0 heterocycles. The summed E-state index contributed by atoms with van der Waals surface area (Å²) in [4.78, 5) is 18.2. The van der Waals surface area contributed by atoms with Gasteiger partial charge in [0, 0.05) is 30.8 Å². The van der Waals surface area contributed by atoms with Gasteiger partial charge in [-0.3, -0.25) is 0 Å². The average Bonchev–Trinajstić information content (AvgIpc) is 2.42. The van der Waals surface area contributed by atoms with E-state index in [0.717, 1.165) is 0 Å². The number of phenols is 2. The molecule has 1 aromatic rings. The Morgan fingerprint density at radius 3 is 1.96 bits per heavy atom. The van der Waals surface area contributed by atoms with Crippen LogP contribution in [-0.2, 0) is 9.59 Å². The summed E-state index contributed by atoms with van der Waals surface area (Å²) < 4.78 is 5.25. The molecule has 0 spiro atoms. The van der Waals surface area contributed by atoms with Crippen LogP contribution in [0, 0.1) is 0 Å². The highest BCUT2D eigenvalue weighted by Gasteiger charge is 2.07. The lowest BCUT2D eigenvalue weighted by molar-refractivity contribution is -0.159. The highest BCUT2D eigenvalue weighted by Crippen LogP contribution is 2.25. The van der Waals surface area contributed by atoms with Crippen LogP contribution in [0.5, 0.6) is 17.2 Å². The van der Waals surface area contributed by atoms with Gasteiger partial charge in [-0.1, -0.05) is 13.8 Å². The van der Waals surface area contributed by atoms with Crippen molar-refractivity contribution in [1.29, 1.82) is 0 Å². The van der Waals surface area contributed by atoms with E-state index in [1.54, 1.807) is 0 Å². The van der Waals surface area contributed by atoms with E-state index < -0.39 is 18.0 Å². The van der Waals surface area contributed by atoms with Gasteiger partial charge < -0.3 is 35.6 Å². The molecule has 0 aliphatic carbocycles. The first kappa shape index (κ1) is 20.5. The summed E-state index contributed by atoms with van der Waals surface area (Å²) in [6.45, 7) is 4.51. The number of aromatic hydroxyl groups is 2. The van der Waals surface area contributed by atoms with E-state index in [9.17, 15) is 15.3 Å². The molecular weight excluding hydrogens is 310 g/mol. The zero-order chi connectivity index (χ0) is 18.0. The maximum atomic E-state index is 9.59. The Morgan fingerprint density at radius 2 is 1.57 bits per heavy atom. The second kappa shape index (κ2) is 10.2. The van der Waals surface area contributed by atoms with E-state index >= 15 is 0 Å². The number of phenolic OH excluding ortho intramolecular Hbond substituents is 2. The summed E-state index contributed by atoms with van der Waals surface area (Å²) in [6, 6.07) is 4.27. The SMILES string of the molecule is CC(C)NCC(O)COc1cc(O)cc(O)c1.O=C(O)C(=O)O. The minimum absolute atomic E-state index is 0.0743. The second-order valence-corrected chi connectivity index (χ2v) is 4.82. The molecule has 0 bridgehead atoms. The highest BCUT2D eigenvalue weighted by atomic mass is 16.5. The lowest BCUT2D eigenvalue weighted by Gasteiger charge is -2.15. The summed E-state index contributed by atoms with van der Waals surface area (Å²) >= 11 is 0. The molecule has 0 aliphatic rings. The number of benzene rings is 1. The number of ether oxygens (including phenoxy) is 1. The lowest BCUT2D eigenvalue weighted by Crippen LogP contribution is -2.35. The molecule has 9 nitrogen and oxygen atoms in total. The number of aliphatic hydroxyl groups excluding tert-OH is 1. The molecule has 6 N–H and O–H groups in total. The Bertz CT molecular complexity index is 485. The number of aliphatic carboxylic acids is 2. The van der Waals surface area contributed by atoms with Crippen molar-refractivity contribution in [3.8, 4) is 17.2 Å². The Labute approximate surface area is 132 Å². The minimum atomic E-state index is -1.82. The van der Waals surface area contributed by atoms with Crippen LogP contribution in [0.1, 0.15) is 13.8 Å². The molecule has 9 heteroatoms. The normalized spacial score (nSPS) is 11.3. The third-order valence-corrected chi connectivity index (χ3v) is 2.26. The van der Waals surface area contributed by atoms with Crippen molar-refractivity contribution < 1.29 is 39.9 Å². The predicted octanol–water partition coefficient (Wildman–Crippen LogP) is -0.00890. The Hall–Kier alpha value is -2.52. The van der Waals surface area contributed by atoms with Crippen LogP contribution in [0.2, 0.25) is 0 Å². The van der Waals surface area contributed by atoms with Crippen LogP contribution in [0.4, 0.5) is 0 Å². The van der Waals surface area contributed by atoms with Gasteiger partial charge >= 0.3 is 11.9 Å². The number of rotatable bonds is 6. The predicted molar refractivity (Wildman–Crippen MR) is 79.7 cm³/mol. The summed E-state index contributed by atoms with van der Waals surface area (Å²) in [7, 11) is 0. The molecule has 23 heavy (non-hydrogen) atoms. The number of nitrogens with one attached hydrogen (secondary N) is 1. The second-order valence-electron chi connectivity index (χ2n) is 4.82. The maximum Gasteiger partial charge on any atom is 0.414 e. The fraction of sp³-hybridized carbons (Fsp3) is 0.429. The summed E-state index contributed by atoms with van der Waals surface area (Å²) in [5, 5.41) is 45.9. The molecule has 0 fully saturated rings. The molecule has 0 aliphatic heterocycles. The smallest absolute Gasteiger partial charge is 0.414 e. The first-order chi connectivity index (χ1) is 10.6. The molecule has 0 saturated heterocycles. The van der Waals surface area contributed by atoms with Crippen molar-refractivity contribution >= 4 is 11.9 Å². The number of carboxylic acids is 2. The van der Waals surface area contributed by atoms with Gasteiger partial charge in [0.15, 0.2) is 0 Å². The Balaban J connectivity index is 0.000000688. The van der Waals surface area contributed by atoms with Gasteiger partial charge in [0.25, 0.3) is 0 Å². The summed E-state index contributed by atoms with van der Waals surface area (Å²) in [6.07, 6.45) is -0.637. The van der Waals surface area contributed by atoms with Crippen molar-refractivity contribution in [2.24, 2.45) is 0 Å². The fourth-order valence-electron chi connectivity index (χ4n) is 1.27. The first-order valence-corrected chi connectivity index (χ1v) is 6.65. The van der Waals surface area contributed by atoms with Crippen LogP contribution in [0.15, 0.2) is 18.2 Å². The molecule has 1 rings (SSSR count). The lowest BCUT2D eigenvalue weighted by atomic mass is 10.3. The average molecular weight is 331 g/mol. The Kier molecular flexibility index (Phi) is 9.12. The van der Waals surface area contributed by atoms with E-state index in [0.29, 0.717) is 18.3 Å². The largest absolute Gasteiger partial charge is 0.508 e. The van der Waals surface area contributed by atoms with Gasteiger partial charge in [0.2, 0.25) is 0 Å². The van der Waals surface area contributed by atoms with Gasteiger partial charge in [-0.05, 0) is 0 Å². The number of carboxylic acid groups (broad SMARTS) is 2. The van der Waals surface area contributed by atoms with Crippen LogP contribution < -0.4 is 10.1 Å². The van der Waals surface area contributed by atoms with Gasteiger partial charge in [0.05, 0.1) is 0 Å². The van der Waals surface area contributed by atoms with Gasteiger partial charge in [-0.2, -0.15) is 0 Å². The van der Waals surface area contributed by atoms with Crippen LogP contribution >= 0.6 is 0 Å². The van der Waals surface area contributed by atoms with E-state index in [1.165, 1.54) is 18.2 Å². The molecule has 0 aromatic heterocycles. The topological polar surface area (TPSA) is 157 Å². The highest BCUT2D eigenvalue weighted by molar-refractivity contribution is 6.27. The van der Waals surface area contributed by atoms with Gasteiger partial charge in [0.1, 0.15) is 30.0 Å². The monoisotopic (exact) mass is 331 g/mol. The van der Waals surface area contributed by atoms with Crippen molar-refractivity contribution in [2.75, 3.05) is 13.2 Å². The summed E-state index contributed by atoms with van der Waals surface area (Å²) in [5.41, 5.74) is 0. The van der Waals surface area contributed by atoms with Gasteiger partial charge in [-0.25, -0.2) is 9.59 Å². The zero-order valence-electron chi connectivity index (χ0n) is 12.8. The standard InChI is InChI=1S/C12H19NO4.C2H2O4/c1-8(2)13-6-11(16)7-17-12-4-9(14)3-10(15)5-12;3-1(4)2(5)6/h3-5,8,11,13-16H,6-7H2,1-2H3;(H,3,4)(H,5,6). The molecule has 0 amide bonds. The molecular formula is C14H21NO8. The van der Waals surface area contributed by atoms with E-state index in [1.807, 2.05) is 13.8 Å². The van der Waals surface area contributed by atoms with Crippen molar-refractivity contribution in [3.05, 3.63) is 18.2 Å². The van der Waals surface area contributed by atoms with Crippen molar-refractivity contribution in [1.82, 2.24) is 5.32 Å². The molecule has 1 unspecified atom stereocenters.